The molecule has 2 aromatic rings. The van der Waals surface area contributed by atoms with Crippen molar-refractivity contribution in [2.75, 3.05) is 0 Å². The first-order valence-electron chi connectivity index (χ1n) is 4.02. The molecular formula is C8H9ClN4. The Morgan fingerprint density at radius 2 is 2.46 bits per heavy atom. The largest absolute Gasteiger partial charge is 0.343 e. The van der Waals surface area contributed by atoms with Crippen LogP contribution in [0.3, 0.4) is 0 Å². The molecule has 0 spiro atoms. The molecule has 0 amide bonds. The summed E-state index contributed by atoms with van der Waals surface area (Å²) in [5.74, 6) is 0. The lowest BCUT2D eigenvalue weighted by Crippen LogP contribution is -1.94. The molecule has 0 aliphatic rings. The maximum Gasteiger partial charge on any atom is 0.156 e. The van der Waals surface area contributed by atoms with Crippen LogP contribution in [0.2, 0.25) is 5.15 Å². The molecule has 0 unspecified atom stereocenters. The van der Waals surface area contributed by atoms with E-state index in [1.165, 1.54) is 0 Å². The van der Waals surface area contributed by atoms with Crippen LogP contribution in [0.25, 0.3) is 11.4 Å². The van der Waals surface area contributed by atoms with Crippen LogP contribution in [0.1, 0.15) is 6.92 Å². The number of hydrogen-bond acceptors (Lipinski definition) is 2. The third-order valence-corrected chi connectivity index (χ3v) is 2.16. The zero-order valence-electron chi connectivity index (χ0n) is 7.16. The second kappa shape index (κ2) is 3.22. The van der Waals surface area contributed by atoms with Gasteiger partial charge in [-0.2, -0.15) is 0 Å². The Morgan fingerprint density at radius 3 is 3.08 bits per heavy atom. The summed E-state index contributed by atoms with van der Waals surface area (Å²) in [6, 6.07) is 0. The number of rotatable bonds is 2. The third-order valence-electron chi connectivity index (χ3n) is 1.89. The van der Waals surface area contributed by atoms with Crippen LogP contribution in [-0.2, 0) is 6.54 Å². The molecule has 2 heterocycles. The van der Waals surface area contributed by atoms with Gasteiger partial charge in [0, 0.05) is 6.54 Å². The third kappa shape index (κ3) is 1.33. The molecule has 1 N–H and O–H groups in total. The number of aromatic nitrogens is 4. The highest BCUT2D eigenvalue weighted by molar-refractivity contribution is 6.31. The minimum atomic E-state index is 0.506. The van der Waals surface area contributed by atoms with Gasteiger partial charge in [-0.3, -0.25) is 0 Å². The van der Waals surface area contributed by atoms with Gasteiger partial charge in [-0.25, -0.2) is 9.97 Å². The van der Waals surface area contributed by atoms with Gasteiger partial charge in [0.15, 0.2) is 5.15 Å². The number of hydrogen-bond donors (Lipinski definition) is 1. The topological polar surface area (TPSA) is 46.5 Å². The molecule has 0 fully saturated rings. The van der Waals surface area contributed by atoms with E-state index in [0.29, 0.717) is 5.15 Å². The fourth-order valence-corrected chi connectivity index (χ4v) is 1.50. The highest BCUT2D eigenvalue weighted by Crippen LogP contribution is 2.24. The van der Waals surface area contributed by atoms with Gasteiger partial charge in [-0.05, 0) is 6.92 Å². The van der Waals surface area contributed by atoms with Gasteiger partial charge in [-0.15, -0.1) is 0 Å². The van der Waals surface area contributed by atoms with Gasteiger partial charge in [0.05, 0.1) is 24.5 Å². The standard InChI is InChI=1S/C8H9ClN4/c1-2-13-5-12-8(9)7(13)6-3-10-4-11-6/h3-5H,2H2,1H3,(H,10,11). The lowest BCUT2D eigenvalue weighted by atomic mass is 10.3. The number of imidazole rings is 2. The molecule has 0 aliphatic heterocycles. The first-order valence-corrected chi connectivity index (χ1v) is 4.40. The first-order chi connectivity index (χ1) is 6.33. The van der Waals surface area contributed by atoms with Crippen molar-refractivity contribution in [1.29, 1.82) is 0 Å². The van der Waals surface area contributed by atoms with Gasteiger partial charge < -0.3 is 9.55 Å². The van der Waals surface area contributed by atoms with Crippen molar-refractivity contribution in [2.45, 2.75) is 13.5 Å². The summed E-state index contributed by atoms with van der Waals surface area (Å²) in [5.41, 5.74) is 1.78. The van der Waals surface area contributed by atoms with Crippen LogP contribution >= 0.6 is 11.6 Å². The summed E-state index contributed by atoms with van der Waals surface area (Å²) in [4.78, 5) is 11.0. The van der Waals surface area contributed by atoms with E-state index in [1.54, 1.807) is 18.9 Å². The highest BCUT2D eigenvalue weighted by Gasteiger charge is 2.10. The number of nitrogens with one attached hydrogen (secondary N) is 1. The molecule has 2 rings (SSSR count). The van der Waals surface area contributed by atoms with E-state index in [9.17, 15) is 0 Å². The van der Waals surface area contributed by atoms with E-state index in [2.05, 4.69) is 15.0 Å². The molecule has 0 bridgehead atoms. The summed E-state index contributed by atoms with van der Waals surface area (Å²) in [6.07, 6.45) is 5.08. The van der Waals surface area contributed by atoms with Crippen LogP contribution in [0.4, 0.5) is 0 Å². The molecule has 68 valence electrons. The molecule has 13 heavy (non-hydrogen) atoms. The van der Waals surface area contributed by atoms with Crippen molar-refractivity contribution in [3.05, 3.63) is 24.0 Å². The van der Waals surface area contributed by atoms with E-state index in [-0.39, 0.29) is 0 Å². The van der Waals surface area contributed by atoms with E-state index >= 15 is 0 Å². The Bertz CT molecular complexity index is 390. The summed E-state index contributed by atoms with van der Waals surface area (Å²) in [6.45, 7) is 2.88. The Balaban J connectivity index is 2.55. The minimum Gasteiger partial charge on any atom is -0.343 e. The van der Waals surface area contributed by atoms with Crippen molar-refractivity contribution in [3.8, 4) is 11.4 Å². The smallest absolute Gasteiger partial charge is 0.156 e. The van der Waals surface area contributed by atoms with E-state index in [0.717, 1.165) is 17.9 Å². The summed E-state index contributed by atoms with van der Waals surface area (Å²) in [7, 11) is 0. The second-order valence-corrected chi connectivity index (χ2v) is 2.99. The van der Waals surface area contributed by atoms with Crippen LogP contribution < -0.4 is 0 Å². The molecular weight excluding hydrogens is 188 g/mol. The average Bonchev–Trinajstić information content (AvgIpc) is 2.72. The van der Waals surface area contributed by atoms with Crippen LogP contribution in [0.15, 0.2) is 18.9 Å². The predicted octanol–water partition coefficient (Wildman–Crippen LogP) is 1.95. The lowest BCUT2D eigenvalue weighted by Gasteiger charge is -2.01. The van der Waals surface area contributed by atoms with Gasteiger partial charge >= 0.3 is 0 Å². The summed E-state index contributed by atoms with van der Waals surface area (Å²) in [5, 5.41) is 0.506. The summed E-state index contributed by atoms with van der Waals surface area (Å²) < 4.78 is 1.97. The lowest BCUT2D eigenvalue weighted by molar-refractivity contribution is 0.767. The normalized spacial score (nSPS) is 10.6. The SMILES string of the molecule is CCn1cnc(Cl)c1-c1cnc[nH]1. The summed E-state index contributed by atoms with van der Waals surface area (Å²) >= 11 is 5.94. The molecule has 0 radical (unpaired) electrons. The molecule has 2 aromatic heterocycles. The Labute approximate surface area is 80.6 Å². The van der Waals surface area contributed by atoms with E-state index < -0.39 is 0 Å². The van der Waals surface area contributed by atoms with Crippen LogP contribution in [0, 0.1) is 0 Å². The van der Waals surface area contributed by atoms with Crippen molar-refractivity contribution < 1.29 is 0 Å². The second-order valence-electron chi connectivity index (χ2n) is 2.64. The molecule has 0 atom stereocenters. The highest BCUT2D eigenvalue weighted by atomic mass is 35.5. The molecule has 0 aromatic carbocycles. The number of halogens is 1. The predicted molar refractivity (Wildman–Crippen MR) is 50.5 cm³/mol. The van der Waals surface area contributed by atoms with Crippen molar-refractivity contribution in [3.63, 3.8) is 0 Å². The van der Waals surface area contributed by atoms with Crippen molar-refractivity contribution in [1.82, 2.24) is 19.5 Å². The van der Waals surface area contributed by atoms with Crippen molar-refractivity contribution >= 4 is 11.6 Å². The zero-order valence-corrected chi connectivity index (χ0v) is 7.91. The average molecular weight is 197 g/mol. The Hall–Kier alpha value is -1.29. The van der Waals surface area contributed by atoms with E-state index in [4.69, 9.17) is 11.6 Å². The molecule has 0 saturated carbocycles. The molecule has 5 heteroatoms. The van der Waals surface area contributed by atoms with E-state index in [1.807, 2.05) is 11.5 Å². The minimum absolute atomic E-state index is 0.506. The Morgan fingerprint density at radius 1 is 1.62 bits per heavy atom. The maximum absolute atomic E-state index is 5.94. The number of aromatic amines is 1. The number of H-pyrrole nitrogens is 1. The molecule has 0 aliphatic carbocycles. The first kappa shape index (κ1) is 8.31. The number of aryl methyl sites for hydroxylation is 1. The monoisotopic (exact) mass is 196 g/mol. The van der Waals surface area contributed by atoms with Gasteiger partial charge in [0.2, 0.25) is 0 Å². The number of nitrogens with zero attached hydrogens (tertiary/aromatic N) is 3. The van der Waals surface area contributed by atoms with Crippen molar-refractivity contribution in [2.24, 2.45) is 0 Å². The molecule has 0 saturated heterocycles. The fourth-order valence-electron chi connectivity index (χ4n) is 1.25. The fraction of sp³-hybridized carbons (Fsp3) is 0.250. The quantitative estimate of drug-likeness (QED) is 0.798. The maximum atomic E-state index is 5.94. The van der Waals surface area contributed by atoms with Crippen LogP contribution in [0.5, 0.6) is 0 Å². The Kier molecular flexibility index (Phi) is 2.06. The molecule has 4 nitrogen and oxygen atoms in total. The van der Waals surface area contributed by atoms with Gasteiger partial charge in [0.25, 0.3) is 0 Å². The van der Waals surface area contributed by atoms with Crippen LogP contribution in [-0.4, -0.2) is 19.5 Å². The van der Waals surface area contributed by atoms with Gasteiger partial charge in [0.1, 0.15) is 5.69 Å². The zero-order chi connectivity index (χ0) is 9.26. The van der Waals surface area contributed by atoms with Gasteiger partial charge in [-0.1, -0.05) is 11.6 Å².